The summed E-state index contributed by atoms with van der Waals surface area (Å²) in [5.41, 5.74) is 0. The van der Waals surface area contributed by atoms with E-state index in [0.29, 0.717) is 4.88 Å². The van der Waals surface area contributed by atoms with Gasteiger partial charge in [0.1, 0.15) is 15.2 Å². The molecule has 2 rings (SSSR count). The molecular weight excluding hydrogens is 276 g/mol. The lowest BCUT2D eigenvalue weighted by Gasteiger charge is -2.36. The van der Waals surface area contributed by atoms with Gasteiger partial charge >= 0.3 is 5.97 Å². The summed E-state index contributed by atoms with van der Waals surface area (Å²) in [6, 6.07) is 4.76. The Morgan fingerprint density at radius 3 is 2.72 bits per heavy atom. The van der Waals surface area contributed by atoms with Gasteiger partial charge in [0.05, 0.1) is 6.42 Å². The van der Waals surface area contributed by atoms with Crippen molar-refractivity contribution < 1.29 is 18.3 Å². The third kappa shape index (κ3) is 2.38. The van der Waals surface area contributed by atoms with E-state index in [4.69, 9.17) is 10.4 Å². The molecule has 2 heterocycles. The van der Waals surface area contributed by atoms with Gasteiger partial charge in [0, 0.05) is 13.1 Å². The average Bonchev–Trinajstić information content (AvgIpc) is 2.71. The topological polar surface area (TPSA) is 98.5 Å². The van der Waals surface area contributed by atoms with Gasteiger partial charge in [-0.2, -0.15) is 9.57 Å². The maximum atomic E-state index is 12.1. The molecule has 0 amide bonds. The first-order valence-corrected chi connectivity index (χ1v) is 7.41. The number of rotatable bonds is 4. The number of aliphatic carboxylic acids is 1. The highest BCUT2D eigenvalue weighted by atomic mass is 32.2. The van der Waals surface area contributed by atoms with Crippen molar-refractivity contribution >= 4 is 27.3 Å². The first kappa shape index (κ1) is 13.0. The van der Waals surface area contributed by atoms with E-state index in [1.165, 1.54) is 16.4 Å². The zero-order chi connectivity index (χ0) is 13.3. The number of thiophene rings is 1. The van der Waals surface area contributed by atoms with Gasteiger partial charge in [0.2, 0.25) is 0 Å². The lowest BCUT2D eigenvalue weighted by molar-refractivity contribution is -0.139. The molecule has 0 saturated carbocycles. The number of nitriles is 1. The van der Waals surface area contributed by atoms with E-state index in [1.807, 2.05) is 6.07 Å². The van der Waals surface area contributed by atoms with Crippen molar-refractivity contribution in [2.45, 2.75) is 10.6 Å². The Balaban J connectivity index is 2.06. The molecule has 0 unspecified atom stereocenters. The minimum atomic E-state index is -3.55. The molecular formula is C10H10N2O4S2. The zero-order valence-electron chi connectivity index (χ0n) is 9.24. The van der Waals surface area contributed by atoms with E-state index in [-0.39, 0.29) is 29.6 Å². The summed E-state index contributed by atoms with van der Waals surface area (Å²) in [5, 5.41) is 17.2. The molecule has 96 valence electrons. The zero-order valence-corrected chi connectivity index (χ0v) is 10.9. The molecule has 6 nitrogen and oxygen atoms in total. The number of hydrogen-bond donors (Lipinski definition) is 1. The fourth-order valence-electron chi connectivity index (χ4n) is 1.74. The smallest absolute Gasteiger partial charge is 0.303 e. The van der Waals surface area contributed by atoms with E-state index in [1.54, 1.807) is 0 Å². The maximum Gasteiger partial charge on any atom is 0.303 e. The minimum Gasteiger partial charge on any atom is -0.481 e. The normalized spacial score (nSPS) is 17.1. The highest BCUT2D eigenvalue weighted by Gasteiger charge is 2.38. The van der Waals surface area contributed by atoms with Crippen LogP contribution in [0.15, 0.2) is 16.3 Å². The standard InChI is InChI=1S/C10H10N2O4S2/c11-4-8-1-2-10(17-8)18(15,16)12-5-7(6-12)3-9(13)14/h1-2,7H,3,5-6H2,(H,13,14). The Morgan fingerprint density at radius 1 is 1.56 bits per heavy atom. The Bertz CT molecular complexity index is 608. The van der Waals surface area contributed by atoms with E-state index >= 15 is 0 Å². The Kier molecular flexibility index (Phi) is 3.38. The fourth-order valence-corrected chi connectivity index (χ4v) is 4.59. The van der Waals surface area contributed by atoms with Crippen LogP contribution < -0.4 is 0 Å². The number of carboxylic acid groups (broad SMARTS) is 1. The quantitative estimate of drug-likeness (QED) is 0.879. The molecule has 1 aromatic heterocycles. The predicted molar refractivity (Wildman–Crippen MR) is 63.5 cm³/mol. The summed E-state index contributed by atoms with van der Waals surface area (Å²) in [5.74, 6) is -1.03. The monoisotopic (exact) mass is 286 g/mol. The van der Waals surface area contributed by atoms with Gasteiger partial charge in [0.25, 0.3) is 10.0 Å². The second-order valence-corrected chi connectivity index (χ2v) is 7.26. The molecule has 0 radical (unpaired) electrons. The van der Waals surface area contributed by atoms with Crippen LogP contribution in [-0.4, -0.2) is 36.9 Å². The summed E-state index contributed by atoms with van der Waals surface area (Å²) in [7, 11) is -3.55. The summed E-state index contributed by atoms with van der Waals surface area (Å²) >= 11 is 0.925. The molecule has 0 atom stereocenters. The highest BCUT2D eigenvalue weighted by Crippen LogP contribution is 2.30. The van der Waals surface area contributed by atoms with Crippen LogP contribution in [0.1, 0.15) is 11.3 Å². The predicted octanol–water partition coefficient (Wildman–Crippen LogP) is 0.715. The van der Waals surface area contributed by atoms with Crippen molar-refractivity contribution in [2.24, 2.45) is 5.92 Å². The largest absolute Gasteiger partial charge is 0.481 e. The first-order chi connectivity index (χ1) is 8.43. The molecule has 0 aromatic carbocycles. The molecule has 1 N–H and O–H groups in total. The van der Waals surface area contributed by atoms with Crippen LogP contribution in [0.25, 0.3) is 0 Å². The van der Waals surface area contributed by atoms with Crippen LogP contribution in [0.2, 0.25) is 0 Å². The van der Waals surface area contributed by atoms with Gasteiger partial charge in [-0.25, -0.2) is 8.42 Å². The summed E-state index contributed by atoms with van der Waals surface area (Å²) < 4.78 is 25.5. The molecule has 0 bridgehead atoms. The molecule has 0 aliphatic carbocycles. The molecule has 1 aromatic rings. The molecule has 0 spiro atoms. The van der Waals surface area contributed by atoms with Crippen molar-refractivity contribution in [3.8, 4) is 6.07 Å². The highest BCUT2D eigenvalue weighted by molar-refractivity contribution is 7.91. The van der Waals surface area contributed by atoms with Crippen molar-refractivity contribution in [2.75, 3.05) is 13.1 Å². The third-order valence-electron chi connectivity index (χ3n) is 2.67. The Labute approximate surface area is 108 Å². The number of carboxylic acids is 1. The van der Waals surface area contributed by atoms with Crippen LogP contribution in [0.4, 0.5) is 0 Å². The third-order valence-corrected chi connectivity index (χ3v) is 5.96. The van der Waals surface area contributed by atoms with Gasteiger partial charge in [-0.1, -0.05) is 0 Å². The van der Waals surface area contributed by atoms with Crippen LogP contribution in [-0.2, 0) is 14.8 Å². The van der Waals surface area contributed by atoms with Gasteiger partial charge in [-0.05, 0) is 18.1 Å². The minimum absolute atomic E-state index is 0.0140. The van der Waals surface area contributed by atoms with Crippen LogP contribution in [0.5, 0.6) is 0 Å². The molecule has 1 saturated heterocycles. The van der Waals surface area contributed by atoms with E-state index in [9.17, 15) is 13.2 Å². The number of hydrogen-bond acceptors (Lipinski definition) is 5. The van der Waals surface area contributed by atoms with E-state index in [2.05, 4.69) is 0 Å². The second-order valence-electron chi connectivity index (χ2n) is 4.02. The van der Waals surface area contributed by atoms with Gasteiger partial charge in [-0.15, -0.1) is 11.3 Å². The van der Waals surface area contributed by atoms with Gasteiger partial charge in [0.15, 0.2) is 0 Å². The Morgan fingerprint density at radius 2 is 2.22 bits per heavy atom. The van der Waals surface area contributed by atoms with E-state index in [0.717, 1.165) is 11.3 Å². The van der Waals surface area contributed by atoms with Crippen LogP contribution in [0, 0.1) is 17.2 Å². The average molecular weight is 286 g/mol. The molecule has 18 heavy (non-hydrogen) atoms. The molecule has 8 heteroatoms. The van der Waals surface area contributed by atoms with E-state index < -0.39 is 16.0 Å². The van der Waals surface area contributed by atoms with Gasteiger partial charge < -0.3 is 5.11 Å². The molecule has 1 aliphatic rings. The van der Waals surface area contributed by atoms with Crippen LogP contribution in [0.3, 0.4) is 0 Å². The van der Waals surface area contributed by atoms with Crippen molar-refractivity contribution in [1.82, 2.24) is 4.31 Å². The maximum absolute atomic E-state index is 12.1. The Hall–Kier alpha value is -1.43. The lowest BCUT2D eigenvalue weighted by atomic mass is 10.00. The number of sulfonamides is 1. The summed E-state index contributed by atoms with van der Waals surface area (Å²) in [6.45, 7) is 0.461. The van der Waals surface area contributed by atoms with Crippen molar-refractivity contribution in [1.29, 1.82) is 5.26 Å². The molecule has 1 aliphatic heterocycles. The van der Waals surface area contributed by atoms with Crippen molar-refractivity contribution in [3.63, 3.8) is 0 Å². The lowest BCUT2D eigenvalue weighted by Crippen LogP contribution is -2.50. The first-order valence-electron chi connectivity index (χ1n) is 5.15. The fraction of sp³-hybridized carbons (Fsp3) is 0.400. The SMILES string of the molecule is N#Cc1ccc(S(=O)(=O)N2CC(CC(=O)O)C2)s1. The van der Waals surface area contributed by atoms with Gasteiger partial charge in [-0.3, -0.25) is 4.79 Å². The van der Waals surface area contributed by atoms with Crippen LogP contribution >= 0.6 is 11.3 Å². The summed E-state index contributed by atoms with van der Waals surface area (Å²) in [6.07, 6.45) is -0.0140. The number of nitrogens with zero attached hydrogens (tertiary/aromatic N) is 2. The molecule has 1 fully saturated rings. The number of carbonyl (C=O) groups is 1. The summed E-state index contributed by atoms with van der Waals surface area (Å²) in [4.78, 5) is 10.8. The van der Waals surface area contributed by atoms with Crippen molar-refractivity contribution in [3.05, 3.63) is 17.0 Å². The second kappa shape index (κ2) is 4.68.